The first-order chi connectivity index (χ1) is 13.0. The summed E-state index contributed by atoms with van der Waals surface area (Å²) in [6.45, 7) is 4.69. The highest BCUT2D eigenvalue weighted by Gasteiger charge is 2.17. The molecule has 1 amide bonds. The standard InChI is InChI=1S/C21H26N2O4/c1-4-5-12-27-21(26)17-13-18(19(24)22-3)20(25)23(14-17)11-10-16-9-7-6-8-15(16)2/h6-9,13-14H,4-5,10-12H2,1-3H3,(H,22,24). The number of esters is 1. The maximum atomic E-state index is 12.7. The van der Waals surface area contributed by atoms with E-state index in [1.165, 1.54) is 23.9 Å². The molecule has 2 rings (SSSR count). The molecule has 0 aliphatic carbocycles. The SMILES string of the molecule is CCCCOC(=O)c1cc(C(=O)NC)c(=O)n(CCc2ccccc2C)c1. The number of hydrogen-bond acceptors (Lipinski definition) is 4. The normalized spacial score (nSPS) is 10.5. The third kappa shape index (κ3) is 5.29. The summed E-state index contributed by atoms with van der Waals surface area (Å²) < 4.78 is 6.64. The van der Waals surface area contributed by atoms with E-state index in [2.05, 4.69) is 5.32 Å². The van der Waals surface area contributed by atoms with Crippen LogP contribution >= 0.6 is 0 Å². The Bertz CT molecular complexity index is 871. The molecule has 0 aliphatic heterocycles. The van der Waals surface area contributed by atoms with Gasteiger partial charge in [-0.3, -0.25) is 9.59 Å². The van der Waals surface area contributed by atoms with Crippen molar-refractivity contribution < 1.29 is 14.3 Å². The summed E-state index contributed by atoms with van der Waals surface area (Å²) in [5.41, 5.74) is 1.96. The zero-order valence-corrected chi connectivity index (χ0v) is 16.1. The lowest BCUT2D eigenvalue weighted by atomic mass is 10.1. The molecule has 1 aromatic heterocycles. The molecule has 0 saturated heterocycles. The van der Waals surface area contributed by atoms with Crippen molar-refractivity contribution in [3.05, 3.63) is 69.1 Å². The van der Waals surface area contributed by atoms with Gasteiger partial charge in [-0.2, -0.15) is 0 Å². The maximum absolute atomic E-state index is 12.7. The van der Waals surface area contributed by atoms with E-state index in [1.54, 1.807) is 0 Å². The molecule has 0 unspecified atom stereocenters. The zero-order valence-electron chi connectivity index (χ0n) is 16.1. The number of carbonyl (C=O) groups excluding carboxylic acids is 2. The smallest absolute Gasteiger partial charge is 0.339 e. The van der Waals surface area contributed by atoms with Gasteiger partial charge < -0.3 is 14.6 Å². The van der Waals surface area contributed by atoms with Crippen LogP contribution in [0.2, 0.25) is 0 Å². The van der Waals surface area contributed by atoms with Crippen molar-refractivity contribution in [1.29, 1.82) is 0 Å². The van der Waals surface area contributed by atoms with Crippen LogP contribution in [0.1, 0.15) is 51.6 Å². The Morgan fingerprint density at radius 3 is 2.63 bits per heavy atom. The van der Waals surface area contributed by atoms with Crippen LogP contribution in [-0.4, -0.2) is 30.1 Å². The van der Waals surface area contributed by atoms with Gasteiger partial charge >= 0.3 is 5.97 Å². The second-order valence-corrected chi connectivity index (χ2v) is 6.39. The maximum Gasteiger partial charge on any atom is 0.339 e. The van der Waals surface area contributed by atoms with Gasteiger partial charge in [0.25, 0.3) is 11.5 Å². The predicted molar refractivity (Wildman–Crippen MR) is 104 cm³/mol. The molecular formula is C21H26N2O4. The van der Waals surface area contributed by atoms with E-state index in [0.717, 1.165) is 24.0 Å². The average molecular weight is 370 g/mol. The van der Waals surface area contributed by atoms with Crippen LogP contribution in [0.25, 0.3) is 0 Å². The summed E-state index contributed by atoms with van der Waals surface area (Å²) in [7, 11) is 1.45. The lowest BCUT2D eigenvalue weighted by Crippen LogP contribution is -2.32. The molecule has 1 N–H and O–H groups in total. The van der Waals surface area contributed by atoms with E-state index in [0.29, 0.717) is 19.6 Å². The van der Waals surface area contributed by atoms with Gasteiger partial charge in [-0.25, -0.2) is 4.79 Å². The van der Waals surface area contributed by atoms with Gasteiger partial charge in [-0.15, -0.1) is 0 Å². The molecule has 2 aromatic rings. The molecule has 6 heteroatoms. The van der Waals surface area contributed by atoms with Crippen molar-refractivity contribution in [2.45, 2.75) is 39.7 Å². The lowest BCUT2D eigenvalue weighted by molar-refractivity contribution is 0.0498. The Kier molecular flexibility index (Phi) is 7.34. The molecule has 1 heterocycles. The number of aryl methyl sites for hydroxylation is 3. The van der Waals surface area contributed by atoms with Crippen LogP contribution in [0, 0.1) is 6.92 Å². The molecular weight excluding hydrogens is 344 g/mol. The van der Waals surface area contributed by atoms with Crippen molar-refractivity contribution in [3.8, 4) is 0 Å². The van der Waals surface area contributed by atoms with Crippen LogP contribution in [0.5, 0.6) is 0 Å². The summed E-state index contributed by atoms with van der Waals surface area (Å²) in [6, 6.07) is 9.22. The Hall–Kier alpha value is -2.89. The molecule has 0 saturated carbocycles. The van der Waals surface area contributed by atoms with E-state index >= 15 is 0 Å². The molecule has 6 nitrogen and oxygen atoms in total. The van der Waals surface area contributed by atoms with E-state index in [-0.39, 0.29) is 11.1 Å². The number of carbonyl (C=O) groups is 2. The number of pyridine rings is 1. The first kappa shape index (κ1) is 20.4. The van der Waals surface area contributed by atoms with Gasteiger partial charge in [0.05, 0.1) is 12.2 Å². The predicted octanol–water partition coefficient (Wildman–Crippen LogP) is 2.72. The van der Waals surface area contributed by atoms with E-state index in [4.69, 9.17) is 4.74 Å². The molecule has 0 atom stereocenters. The zero-order chi connectivity index (χ0) is 19.8. The van der Waals surface area contributed by atoms with Crippen molar-refractivity contribution >= 4 is 11.9 Å². The lowest BCUT2D eigenvalue weighted by Gasteiger charge is -2.12. The van der Waals surface area contributed by atoms with Gasteiger partial charge in [0.2, 0.25) is 0 Å². The summed E-state index contributed by atoms with van der Waals surface area (Å²) in [4.78, 5) is 37.0. The van der Waals surface area contributed by atoms with Gasteiger partial charge in [-0.05, 0) is 37.0 Å². The number of unbranched alkanes of at least 4 members (excludes halogenated alkanes) is 1. The Labute approximate surface area is 159 Å². The first-order valence-electron chi connectivity index (χ1n) is 9.16. The highest BCUT2D eigenvalue weighted by Crippen LogP contribution is 2.10. The van der Waals surface area contributed by atoms with Crippen molar-refractivity contribution in [2.75, 3.05) is 13.7 Å². The summed E-state index contributed by atoms with van der Waals surface area (Å²) >= 11 is 0. The van der Waals surface area contributed by atoms with Gasteiger partial charge in [0.1, 0.15) is 5.56 Å². The second kappa shape index (κ2) is 9.71. The third-order valence-electron chi connectivity index (χ3n) is 4.41. The number of nitrogens with one attached hydrogen (secondary N) is 1. The summed E-state index contributed by atoms with van der Waals surface area (Å²) in [5, 5.41) is 2.45. The number of nitrogens with zero attached hydrogens (tertiary/aromatic N) is 1. The van der Waals surface area contributed by atoms with E-state index in [1.807, 2.05) is 38.1 Å². The average Bonchev–Trinajstić information content (AvgIpc) is 2.67. The van der Waals surface area contributed by atoms with Crippen LogP contribution < -0.4 is 10.9 Å². The minimum Gasteiger partial charge on any atom is -0.462 e. The van der Waals surface area contributed by atoms with Crippen molar-refractivity contribution in [2.24, 2.45) is 0 Å². The Balaban J connectivity index is 2.32. The highest BCUT2D eigenvalue weighted by molar-refractivity contribution is 5.97. The van der Waals surface area contributed by atoms with Crippen LogP contribution in [0.4, 0.5) is 0 Å². The van der Waals surface area contributed by atoms with E-state index in [9.17, 15) is 14.4 Å². The minimum atomic E-state index is -0.529. The largest absolute Gasteiger partial charge is 0.462 e. The summed E-state index contributed by atoms with van der Waals surface area (Å²) in [6.07, 6.45) is 3.77. The first-order valence-corrected chi connectivity index (χ1v) is 9.16. The molecule has 0 bridgehead atoms. The topological polar surface area (TPSA) is 77.4 Å². The monoisotopic (exact) mass is 370 g/mol. The molecule has 0 fully saturated rings. The van der Waals surface area contributed by atoms with Crippen LogP contribution in [0.15, 0.2) is 41.3 Å². The molecule has 144 valence electrons. The number of hydrogen-bond donors (Lipinski definition) is 1. The minimum absolute atomic E-state index is 0.0628. The second-order valence-electron chi connectivity index (χ2n) is 6.39. The van der Waals surface area contributed by atoms with Crippen LogP contribution in [0.3, 0.4) is 0 Å². The Morgan fingerprint density at radius 1 is 1.22 bits per heavy atom. The van der Waals surface area contributed by atoms with Crippen molar-refractivity contribution in [3.63, 3.8) is 0 Å². The number of benzene rings is 1. The van der Waals surface area contributed by atoms with Gasteiger partial charge in [0.15, 0.2) is 0 Å². The van der Waals surface area contributed by atoms with Gasteiger partial charge in [0, 0.05) is 19.8 Å². The fourth-order valence-electron chi connectivity index (χ4n) is 2.73. The molecule has 0 spiro atoms. The molecule has 27 heavy (non-hydrogen) atoms. The molecule has 0 aliphatic rings. The summed E-state index contributed by atoms with van der Waals surface area (Å²) in [5.74, 6) is -1.05. The quantitative estimate of drug-likeness (QED) is 0.572. The van der Waals surface area contributed by atoms with Crippen LogP contribution in [-0.2, 0) is 17.7 Å². The fourth-order valence-corrected chi connectivity index (χ4v) is 2.73. The number of aromatic nitrogens is 1. The Morgan fingerprint density at radius 2 is 1.96 bits per heavy atom. The number of amides is 1. The van der Waals surface area contributed by atoms with Crippen molar-refractivity contribution in [1.82, 2.24) is 9.88 Å². The molecule has 1 aromatic carbocycles. The number of ether oxygens (including phenoxy) is 1. The van der Waals surface area contributed by atoms with Gasteiger partial charge in [-0.1, -0.05) is 37.6 Å². The number of rotatable bonds is 8. The third-order valence-corrected chi connectivity index (χ3v) is 4.41. The molecule has 0 radical (unpaired) electrons. The fraction of sp³-hybridized carbons (Fsp3) is 0.381. The highest BCUT2D eigenvalue weighted by atomic mass is 16.5. The van der Waals surface area contributed by atoms with E-state index < -0.39 is 17.4 Å².